The van der Waals surface area contributed by atoms with Crippen molar-refractivity contribution in [2.75, 3.05) is 14.2 Å². The predicted molar refractivity (Wildman–Crippen MR) is 160 cm³/mol. The van der Waals surface area contributed by atoms with Gasteiger partial charge in [0.05, 0.1) is 18.5 Å². The Labute approximate surface area is 247 Å². The van der Waals surface area contributed by atoms with Gasteiger partial charge in [-0.1, -0.05) is 67.0 Å². The molecule has 10 nitrogen and oxygen atoms in total. The molecule has 1 N–H and O–H groups in total. The molecule has 0 bridgehead atoms. The number of amidine groups is 1. The van der Waals surface area contributed by atoms with Crippen molar-refractivity contribution in [3.8, 4) is 22.6 Å². The van der Waals surface area contributed by atoms with Crippen LogP contribution in [0.5, 0.6) is 5.75 Å². The van der Waals surface area contributed by atoms with Gasteiger partial charge in [0.1, 0.15) is 6.33 Å². The lowest BCUT2D eigenvalue weighted by molar-refractivity contribution is -0.138. The molecule has 3 aromatic carbocycles. The Morgan fingerprint density at radius 1 is 1.07 bits per heavy atom. The van der Waals surface area contributed by atoms with E-state index in [1.165, 1.54) is 30.1 Å². The van der Waals surface area contributed by atoms with Crippen molar-refractivity contribution < 1.29 is 19.1 Å². The number of rotatable bonds is 9. The second-order valence-corrected chi connectivity index (χ2v) is 10.3. The summed E-state index contributed by atoms with van der Waals surface area (Å²) in [5.41, 5.74) is 5.05. The van der Waals surface area contributed by atoms with Crippen LogP contribution in [0.2, 0.25) is 0 Å². The number of hydrogen-bond acceptors (Lipinski definition) is 8. The molecular weight excluding hydrogens is 551 g/mol. The van der Waals surface area contributed by atoms with Gasteiger partial charge in [-0.2, -0.15) is 10.1 Å². The number of aliphatic hydroxyl groups is 1. The quantitative estimate of drug-likeness (QED) is 0.272. The molecule has 0 fully saturated rings. The number of fused-ring (bicyclic) bond motifs is 1. The first-order valence-corrected chi connectivity index (χ1v) is 14.0. The third-order valence-corrected chi connectivity index (χ3v) is 7.67. The van der Waals surface area contributed by atoms with Crippen LogP contribution in [0, 0.1) is 5.82 Å². The number of oxime groups is 1. The van der Waals surface area contributed by atoms with E-state index < -0.39 is 12.2 Å². The van der Waals surface area contributed by atoms with E-state index in [-0.39, 0.29) is 11.3 Å². The molecule has 3 heterocycles. The van der Waals surface area contributed by atoms with Crippen molar-refractivity contribution in [3.63, 3.8) is 0 Å². The molecule has 43 heavy (non-hydrogen) atoms. The van der Waals surface area contributed by atoms with Crippen LogP contribution >= 0.6 is 0 Å². The lowest BCUT2D eigenvalue weighted by atomic mass is 9.96. The van der Waals surface area contributed by atoms with Gasteiger partial charge in [-0.05, 0) is 41.7 Å². The van der Waals surface area contributed by atoms with E-state index in [0.29, 0.717) is 35.7 Å². The van der Waals surface area contributed by atoms with Crippen LogP contribution in [-0.4, -0.2) is 55.6 Å². The number of aliphatic hydroxyl groups excluding tert-OH is 1. The molecule has 0 radical (unpaired) electrons. The molecule has 1 atom stereocenters. The second-order valence-electron chi connectivity index (χ2n) is 10.3. The molecule has 6 rings (SSSR count). The summed E-state index contributed by atoms with van der Waals surface area (Å²) < 4.78 is 22.9. The Morgan fingerprint density at radius 3 is 2.51 bits per heavy atom. The second kappa shape index (κ2) is 11.7. The molecule has 1 unspecified atom stereocenters. The molecule has 0 saturated carbocycles. The SMILES string of the molecule is CCCCc1c(Cc2ccc(-c3ccccc3C3=NOC(O)N3C)cc2)c(=O)n(-c2ccc(OC)c(F)c2)c2ncnn12. The van der Waals surface area contributed by atoms with Crippen LogP contribution in [0.25, 0.3) is 22.6 Å². The molecule has 0 spiro atoms. The minimum absolute atomic E-state index is 0.0890. The summed E-state index contributed by atoms with van der Waals surface area (Å²) in [6.07, 6.45) is 3.09. The highest BCUT2D eigenvalue weighted by Crippen LogP contribution is 2.28. The largest absolute Gasteiger partial charge is 0.494 e. The number of unbranched alkanes of at least 4 members (excludes halogenated alkanes) is 1. The van der Waals surface area contributed by atoms with Crippen molar-refractivity contribution in [3.05, 3.63) is 112 Å². The fourth-order valence-electron chi connectivity index (χ4n) is 5.37. The molecule has 1 aliphatic rings. The van der Waals surface area contributed by atoms with Gasteiger partial charge in [0.15, 0.2) is 17.4 Å². The third kappa shape index (κ3) is 5.12. The Kier molecular flexibility index (Phi) is 7.64. The minimum atomic E-state index is -1.13. The fraction of sp³-hybridized carbons (Fsp3) is 0.250. The van der Waals surface area contributed by atoms with Crippen molar-refractivity contribution in [1.82, 2.24) is 24.1 Å². The summed E-state index contributed by atoms with van der Waals surface area (Å²) in [6, 6.07) is 20.1. The van der Waals surface area contributed by atoms with E-state index in [1.807, 2.05) is 48.5 Å². The molecule has 11 heteroatoms. The van der Waals surface area contributed by atoms with Crippen molar-refractivity contribution in [2.45, 2.75) is 39.0 Å². The van der Waals surface area contributed by atoms with Crippen LogP contribution in [0.3, 0.4) is 0 Å². The maximum Gasteiger partial charge on any atom is 0.307 e. The van der Waals surface area contributed by atoms with Gasteiger partial charge in [-0.3, -0.25) is 9.69 Å². The summed E-state index contributed by atoms with van der Waals surface area (Å²) in [6.45, 7) is 2.10. The monoisotopic (exact) mass is 582 g/mol. The number of aryl methyl sites for hydroxylation is 1. The number of aromatic nitrogens is 4. The maximum absolute atomic E-state index is 14.7. The number of ether oxygens (including phenoxy) is 1. The number of halogens is 1. The number of methoxy groups -OCH3 is 1. The van der Waals surface area contributed by atoms with E-state index in [9.17, 15) is 14.3 Å². The summed E-state index contributed by atoms with van der Waals surface area (Å²) in [4.78, 5) is 25.1. The molecule has 220 valence electrons. The van der Waals surface area contributed by atoms with E-state index >= 15 is 0 Å². The van der Waals surface area contributed by atoms with E-state index in [1.54, 1.807) is 22.5 Å². The van der Waals surface area contributed by atoms with Crippen LogP contribution < -0.4 is 10.3 Å². The normalized spacial score (nSPS) is 14.7. The van der Waals surface area contributed by atoms with Crippen molar-refractivity contribution in [2.24, 2.45) is 5.16 Å². The molecule has 0 amide bonds. The van der Waals surface area contributed by atoms with Gasteiger partial charge in [-0.25, -0.2) is 13.5 Å². The van der Waals surface area contributed by atoms with Crippen LogP contribution in [-0.2, 0) is 17.7 Å². The van der Waals surface area contributed by atoms with E-state index in [0.717, 1.165) is 40.8 Å². The zero-order chi connectivity index (χ0) is 30.1. The Bertz CT molecular complexity index is 1880. The standard InChI is InChI=1S/C32H31FN6O4/c1-4-5-10-27-25(30(40)38(31-34-19-35-39(27)31)22-15-16-28(42-3)26(33)18-22)17-20-11-13-21(14-12-20)23-8-6-7-9-24(23)29-36-43-32(41)37(29)2/h6-9,11-16,18-19,32,41H,4-5,10,17H2,1-3H3. The summed E-state index contributed by atoms with van der Waals surface area (Å²) >= 11 is 0. The Morgan fingerprint density at radius 2 is 1.84 bits per heavy atom. The molecule has 2 aromatic heterocycles. The Balaban J connectivity index is 1.41. The van der Waals surface area contributed by atoms with Gasteiger partial charge < -0.3 is 14.7 Å². The third-order valence-electron chi connectivity index (χ3n) is 7.67. The highest BCUT2D eigenvalue weighted by atomic mass is 19.1. The predicted octanol–water partition coefficient (Wildman–Crippen LogP) is 4.53. The van der Waals surface area contributed by atoms with Gasteiger partial charge in [0, 0.05) is 30.7 Å². The van der Waals surface area contributed by atoms with Gasteiger partial charge >= 0.3 is 6.41 Å². The zero-order valence-electron chi connectivity index (χ0n) is 24.1. The first kappa shape index (κ1) is 28.1. The minimum Gasteiger partial charge on any atom is -0.494 e. The zero-order valence-corrected chi connectivity index (χ0v) is 24.1. The highest BCUT2D eigenvalue weighted by molar-refractivity contribution is 6.04. The molecule has 0 saturated heterocycles. The summed E-state index contributed by atoms with van der Waals surface area (Å²) in [7, 11) is 3.11. The average Bonchev–Trinajstić information content (AvgIpc) is 3.63. The number of hydrogen-bond donors (Lipinski definition) is 1. The maximum atomic E-state index is 14.7. The van der Waals surface area contributed by atoms with Crippen LogP contribution in [0.1, 0.15) is 42.1 Å². The van der Waals surface area contributed by atoms with Gasteiger partial charge in [0.2, 0.25) is 5.78 Å². The number of benzene rings is 3. The molecular formula is C32H31FN6O4. The Hall–Kier alpha value is -5.03. The van der Waals surface area contributed by atoms with Gasteiger partial charge in [0.25, 0.3) is 5.56 Å². The van der Waals surface area contributed by atoms with Crippen molar-refractivity contribution >= 4 is 11.6 Å². The fourth-order valence-corrected chi connectivity index (χ4v) is 5.37. The molecule has 5 aromatic rings. The topological polar surface area (TPSA) is 106 Å². The van der Waals surface area contributed by atoms with Crippen LogP contribution in [0.15, 0.2) is 83.0 Å². The smallest absolute Gasteiger partial charge is 0.307 e. The lowest BCUT2D eigenvalue weighted by Gasteiger charge is -2.18. The highest BCUT2D eigenvalue weighted by Gasteiger charge is 2.27. The summed E-state index contributed by atoms with van der Waals surface area (Å²) in [5, 5.41) is 18.5. The van der Waals surface area contributed by atoms with Crippen LogP contribution in [0.4, 0.5) is 4.39 Å². The molecule has 1 aliphatic heterocycles. The first-order valence-electron chi connectivity index (χ1n) is 14.0. The average molecular weight is 583 g/mol. The summed E-state index contributed by atoms with van der Waals surface area (Å²) in [5.74, 6) is 0.369. The molecule has 0 aliphatic carbocycles. The van der Waals surface area contributed by atoms with Crippen molar-refractivity contribution in [1.29, 1.82) is 0 Å². The number of nitrogens with zero attached hydrogens (tertiary/aromatic N) is 6. The van der Waals surface area contributed by atoms with E-state index in [4.69, 9.17) is 9.57 Å². The lowest BCUT2D eigenvalue weighted by Crippen LogP contribution is -2.32. The van der Waals surface area contributed by atoms with E-state index in [2.05, 4.69) is 22.2 Å². The van der Waals surface area contributed by atoms with Gasteiger partial charge in [-0.15, -0.1) is 0 Å². The first-order chi connectivity index (χ1) is 20.9.